The molecule has 1 N–H and O–H groups in total. The lowest BCUT2D eigenvalue weighted by Crippen LogP contribution is -1.95. The third-order valence-electron chi connectivity index (χ3n) is 2.45. The molecule has 0 fully saturated rings. The second kappa shape index (κ2) is 5.34. The molecule has 0 unspecified atom stereocenters. The van der Waals surface area contributed by atoms with E-state index in [0.29, 0.717) is 0 Å². The highest BCUT2D eigenvalue weighted by molar-refractivity contribution is 7.99. The van der Waals surface area contributed by atoms with Crippen molar-refractivity contribution < 1.29 is 5.11 Å². The summed E-state index contributed by atoms with van der Waals surface area (Å²) < 4.78 is 0. The van der Waals surface area contributed by atoms with Crippen molar-refractivity contribution in [3.05, 3.63) is 53.7 Å². The van der Waals surface area contributed by atoms with Crippen molar-refractivity contribution >= 4 is 11.8 Å². The summed E-state index contributed by atoms with van der Waals surface area (Å²) in [5.74, 6) is 0. The van der Waals surface area contributed by atoms with Crippen LogP contribution < -0.4 is 0 Å². The number of rotatable bonds is 3. The first-order chi connectivity index (χ1) is 8.16. The van der Waals surface area contributed by atoms with Crippen molar-refractivity contribution in [3.8, 4) is 0 Å². The van der Waals surface area contributed by atoms with Gasteiger partial charge in [-0.3, -0.25) is 0 Å². The van der Waals surface area contributed by atoms with Gasteiger partial charge in [-0.05, 0) is 32.0 Å². The van der Waals surface area contributed by atoms with Gasteiger partial charge >= 0.3 is 0 Å². The average Bonchev–Trinajstić information content (AvgIpc) is 2.29. The minimum absolute atomic E-state index is 0.490. The number of aliphatic hydroxyl groups is 1. The molecule has 3 heteroatoms. The maximum atomic E-state index is 9.68. The van der Waals surface area contributed by atoms with E-state index >= 15 is 0 Å². The van der Waals surface area contributed by atoms with Gasteiger partial charge in [-0.2, -0.15) is 0 Å². The van der Waals surface area contributed by atoms with E-state index in [1.165, 1.54) is 5.56 Å². The summed E-state index contributed by atoms with van der Waals surface area (Å²) in [6.07, 6.45) is 1.26. The highest BCUT2D eigenvalue weighted by Gasteiger charge is 2.09. The Balaban J connectivity index is 2.30. The van der Waals surface area contributed by atoms with Gasteiger partial charge in [0.25, 0.3) is 0 Å². The summed E-state index contributed by atoms with van der Waals surface area (Å²) >= 11 is 1.59. The van der Waals surface area contributed by atoms with E-state index < -0.39 is 6.10 Å². The molecular weight excluding hydrogens is 230 g/mol. The summed E-state index contributed by atoms with van der Waals surface area (Å²) in [5, 5.41) is 10.6. The van der Waals surface area contributed by atoms with Gasteiger partial charge < -0.3 is 5.11 Å². The van der Waals surface area contributed by atoms with Crippen molar-refractivity contribution in [1.29, 1.82) is 0 Å². The van der Waals surface area contributed by atoms with Crippen molar-refractivity contribution in [1.82, 2.24) is 4.98 Å². The lowest BCUT2D eigenvalue weighted by molar-refractivity contribution is 0.195. The Morgan fingerprint density at radius 3 is 2.76 bits per heavy atom. The van der Waals surface area contributed by atoms with E-state index in [2.05, 4.69) is 30.1 Å². The van der Waals surface area contributed by atoms with Crippen LogP contribution in [-0.4, -0.2) is 10.1 Å². The lowest BCUT2D eigenvalue weighted by Gasteiger charge is -2.10. The molecule has 2 nitrogen and oxygen atoms in total. The number of hydrogen-bond acceptors (Lipinski definition) is 3. The van der Waals surface area contributed by atoms with Crippen LogP contribution >= 0.6 is 11.8 Å². The Morgan fingerprint density at radius 2 is 2.06 bits per heavy atom. The van der Waals surface area contributed by atoms with Crippen LogP contribution in [0.25, 0.3) is 0 Å². The van der Waals surface area contributed by atoms with E-state index in [-0.39, 0.29) is 0 Å². The number of hydrogen-bond donors (Lipinski definition) is 1. The molecule has 1 heterocycles. The number of aromatic nitrogens is 1. The zero-order valence-corrected chi connectivity index (χ0v) is 10.7. The van der Waals surface area contributed by atoms with Gasteiger partial charge in [-0.15, -0.1) is 0 Å². The summed E-state index contributed by atoms with van der Waals surface area (Å²) in [7, 11) is 0. The zero-order chi connectivity index (χ0) is 12.3. The molecule has 0 aliphatic carbocycles. The lowest BCUT2D eigenvalue weighted by atomic mass is 10.2. The number of aryl methyl sites for hydroxylation is 1. The predicted molar refractivity (Wildman–Crippen MR) is 70.2 cm³/mol. The fraction of sp³-hybridized carbons (Fsp3) is 0.214. The minimum Gasteiger partial charge on any atom is -0.389 e. The van der Waals surface area contributed by atoms with Crippen LogP contribution in [0.4, 0.5) is 0 Å². The SMILES string of the molecule is Cc1cccc(Sc2ncccc2[C@@H](C)O)c1. The van der Waals surface area contributed by atoms with Gasteiger partial charge in [0.2, 0.25) is 0 Å². The fourth-order valence-electron chi connectivity index (χ4n) is 1.60. The first kappa shape index (κ1) is 12.1. The third-order valence-corrected chi connectivity index (χ3v) is 3.48. The van der Waals surface area contributed by atoms with Gasteiger partial charge in [-0.25, -0.2) is 4.98 Å². The summed E-state index contributed by atoms with van der Waals surface area (Å²) in [5.41, 5.74) is 2.10. The first-order valence-electron chi connectivity index (χ1n) is 5.54. The number of aliphatic hydroxyl groups excluding tert-OH is 1. The molecule has 2 rings (SSSR count). The van der Waals surface area contributed by atoms with E-state index in [4.69, 9.17) is 0 Å². The van der Waals surface area contributed by atoms with Gasteiger partial charge in [0.05, 0.1) is 6.10 Å². The molecule has 0 saturated carbocycles. The van der Waals surface area contributed by atoms with Crippen molar-refractivity contribution in [2.24, 2.45) is 0 Å². The second-order valence-corrected chi connectivity index (χ2v) is 5.05. The normalized spacial score (nSPS) is 12.4. The Kier molecular flexibility index (Phi) is 3.82. The Morgan fingerprint density at radius 1 is 1.24 bits per heavy atom. The maximum absolute atomic E-state index is 9.68. The highest BCUT2D eigenvalue weighted by Crippen LogP contribution is 2.31. The van der Waals surface area contributed by atoms with Crippen molar-refractivity contribution in [2.45, 2.75) is 29.9 Å². The Labute approximate surface area is 106 Å². The molecule has 0 bridgehead atoms. The Bertz CT molecular complexity index is 511. The monoisotopic (exact) mass is 245 g/mol. The molecule has 0 saturated heterocycles. The zero-order valence-electron chi connectivity index (χ0n) is 9.92. The molecule has 88 valence electrons. The molecule has 0 amide bonds. The summed E-state index contributed by atoms with van der Waals surface area (Å²) in [6.45, 7) is 3.83. The van der Waals surface area contributed by atoms with Crippen molar-refractivity contribution in [2.75, 3.05) is 0 Å². The van der Waals surface area contributed by atoms with Crippen LogP contribution in [0.2, 0.25) is 0 Å². The van der Waals surface area contributed by atoms with E-state index in [9.17, 15) is 5.11 Å². The molecule has 2 aromatic rings. The fourth-order valence-corrected chi connectivity index (χ4v) is 2.68. The smallest absolute Gasteiger partial charge is 0.106 e. The van der Waals surface area contributed by atoms with Crippen LogP contribution in [0.3, 0.4) is 0 Å². The molecule has 0 aliphatic heterocycles. The first-order valence-corrected chi connectivity index (χ1v) is 6.36. The van der Waals surface area contributed by atoms with Gasteiger partial charge in [-0.1, -0.05) is 35.5 Å². The second-order valence-electron chi connectivity index (χ2n) is 3.99. The average molecular weight is 245 g/mol. The van der Waals surface area contributed by atoms with Crippen LogP contribution in [-0.2, 0) is 0 Å². The minimum atomic E-state index is -0.490. The number of benzene rings is 1. The standard InChI is InChI=1S/C14H15NOS/c1-10-5-3-6-12(9-10)17-14-13(11(2)16)7-4-8-15-14/h3-9,11,16H,1-2H3/t11-/m1/s1. The topological polar surface area (TPSA) is 33.1 Å². The number of pyridine rings is 1. The predicted octanol–water partition coefficient (Wildman–Crippen LogP) is 3.59. The van der Waals surface area contributed by atoms with E-state index in [1.807, 2.05) is 18.2 Å². The van der Waals surface area contributed by atoms with E-state index in [1.54, 1.807) is 24.9 Å². The molecule has 0 radical (unpaired) electrons. The maximum Gasteiger partial charge on any atom is 0.106 e. The van der Waals surface area contributed by atoms with Gasteiger partial charge in [0, 0.05) is 16.7 Å². The molecular formula is C14H15NOS. The molecule has 0 spiro atoms. The molecule has 17 heavy (non-hydrogen) atoms. The molecule has 1 aromatic carbocycles. The van der Waals surface area contributed by atoms with Gasteiger partial charge in [0.1, 0.15) is 5.03 Å². The largest absolute Gasteiger partial charge is 0.389 e. The molecule has 1 aromatic heterocycles. The molecule has 1 atom stereocenters. The summed E-state index contributed by atoms with van der Waals surface area (Å²) in [4.78, 5) is 5.47. The number of nitrogens with zero attached hydrogens (tertiary/aromatic N) is 1. The molecule has 0 aliphatic rings. The van der Waals surface area contributed by atoms with Crippen molar-refractivity contribution in [3.63, 3.8) is 0 Å². The van der Waals surface area contributed by atoms with Crippen LogP contribution in [0.5, 0.6) is 0 Å². The van der Waals surface area contributed by atoms with Gasteiger partial charge in [0.15, 0.2) is 0 Å². The van der Waals surface area contributed by atoms with Crippen LogP contribution in [0.15, 0.2) is 52.5 Å². The highest BCUT2D eigenvalue weighted by atomic mass is 32.2. The third kappa shape index (κ3) is 3.08. The Hall–Kier alpha value is -1.32. The van der Waals surface area contributed by atoms with Crippen LogP contribution in [0.1, 0.15) is 24.2 Å². The van der Waals surface area contributed by atoms with Crippen LogP contribution in [0, 0.1) is 6.92 Å². The van der Waals surface area contributed by atoms with E-state index in [0.717, 1.165) is 15.5 Å². The summed E-state index contributed by atoms with van der Waals surface area (Å²) in [6, 6.07) is 12.0. The quantitative estimate of drug-likeness (QED) is 0.897.